The maximum absolute atomic E-state index is 12.0. The predicted octanol–water partition coefficient (Wildman–Crippen LogP) is 2.09. The lowest BCUT2D eigenvalue weighted by Crippen LogP contribution is -2.41. The average molecular weight is 273 g/mol. The smallest absolute Gasteiger partial charge is 0.296 e. The van der Waals surface area contributed by atoms with E-state index in [9.17, 15) is 9.59 Å². The third kappa shape index (κ3) is 1.94. The summed E-state index contributed by atoms with van der Waals surface area (Å²) in [5.41, 5.74) is 3.01. The van der Waals surface area contributed by atoms with Crippen molar-refractivity contribution in [1.29, 1.82) is 0 Å². The molecule has 0 aromatic rings. The highest BCUT2D eigenvalue weighted by atomic mass is 16.2. The van der Waals surface area contributed by atoms with Crippen molar-refractivity contribution in [3.05, 3.63) is 41.1 Å². The van der Waals surface area contributed by atoms with Gasteiger partial charge in [0.25, 0.3) is 0 Å². The summed E-state index contributed by atoms with van der Waals surface area (Å²) in [7, 11) is 1.90. The van der Waals surface area contributed by atoms with E-state index >= 15 is 0 Å². The van der Waals surface area contributed by atoms with Crippen LogP contribution in [0, 0.1) is 12.0 Å². The first-order valence-electron chi connectivity index (χ1n) is 6.90. The lowest BCUT2D eigenvalue weighted by Gasteiger charge is -2.19. The molecule has 0 aromatic heterocycles. The first kappa shape index (κ1) is 13.0. The maximum Gasteiger partial charge on any atom is 0.310 e. The van der Waals surface area contributed by atoms with Crippen LogP contribution in [0.5, 0.6) is 0 Å². The minimum Gasteiger partial charge on any atom is -0.296 e. The number of fused-ring (bicyclic) bond motifs is 1. The first-order chi connectivity index (χ1) is 9.61. The van der Waals surface area contributed by atoms with Crippen LogP contribution >= 0.6 is 0 Å². The Morgan fingerprint density at radius 3 is 3.00 bits per heavy atom. The summed E-state index contributed by atoms with van der Waals surface area (Å²) < 4.78 is 1.84. The molecule has 0 spiro atoms. The molecule has 1 radical (unpaired) electrons. The zero-order chi connectivity index (χ0) is 14.3. The Morgan fingerprint density at radius 1 is 1.50 bits per heavy atom. The molecule has 2 amide bonds. The van der Waals surface area contributed by atoms with Crippen LogP contribution in [-0.4, -0.2) is 23.6 Å². The number of azo groups is 2. The van der Waals surface area contributed by atoms with Crippen LogP contribution in [0.15, 0.2) is 40.2 Å². The van der Waals surface area contributed by atoms with Crippen LogP contribution in [0.3, 0.4) is 0 Å². The highest BCUT2D eigenvalue weighted by Crippen LogP contribution is 2.41. The molecule has 1 saturated heterocycles. The molecular weight excluding hydrogens is 254 g/mol. The third-order valence-electron chi connectivity index (χ3n) is 3.93. The molecule has 1 fully saturated rings. The topological polar surface area (TPSA) is 61.5 Å². The molecule has 105 valence electrons. The second-order valence-corrected chi connectivity index (χ2v) is 5.18. The molecule has 0 aromatic carbocycles. The molecule has 1 unspecified atom stereocenters. The van der Waals surface area contributed by atoms with Crippen molar-refractivity contribution in [3.8, 4) is 0 Å². The van der Waals surface area contributed by atoms with Gasteiger partial charge in [-0.2, -0.15) is 0 Å². The van der Waals surface area contributed by atoms with Crippen LogP contribution in [-0.2, 0) is 9.59 Å². The van der Waals surface area contributed by atoms with Crippen molar-refractivity contribution in [2.45, 2.75) is 26.2 Å². The lowest BCUT2D eigenvalue weighted by atomic mass is 9.86. The lowest BCUT2D eigenvalue weighted by molar-refractivity contribution is -0.532. The van der Waals surface area contributed by atoms with Gasteiger partial charge in [0, 0.05) is 13.4 Å². The molecule has 5 heteroatoms. The number of carbonyl (C=O) groups is 2. The number of nitrogens with zero attached hydrogens (tertiary/aromatic N) is 2. The number of piperidine rings is 1. The van der Waals surface area contributed by atoms with Gasteiger partial charge in [-0.3, -0.25) is 14.9 Å². The Morgan fingerprint density at radius 2 is 2.30 bits per heavy atom. The van der Waals surface area contributed by atoms with E-state index in [-0.39, 0.29) is 19.2 Å². The van der Waals surface area contributed by atoms with Gasteiger partial charge in [0.15, 0.2) is 7.05 Å². The maximum atomic E-state index is 12.0. The van der Waals surface area contributed by atoms with Gasteiger partial charge >= 0.3 is 6.04 Å². The molecule has 1 aliphatic carbocycles. The number of carbonyl (C=O) groups excluding carboxylic acids is 2. The number of imide groups is 1. The van der Waals surface area contributed by atoms with E-state index in [1.54, 1.807) is 0 Å². The van der Waals surface area contributed by atoms with Crippen molar-refractivity contribution in [2.24, 2.45) is 11.0 Å². The fourth-order valence-corrected chi connectivity index (χ4v) is 2.94. The molecule has 0 bridgehead atoms. The second-order valence-electron chi connectivity index (χ2n) is 5.18. The van der Waals surface area contributed by atoms with Crippen LogP contribution in [0.2, 0.25) is 0 Å². The van der Waals surface area contributed by atoms with Gasteiger partial charge < -0.3 is 0 Å². The number of hydrogen-bond acceptors (Lipinski definition) is 3. The van der Waals surface area contributed by atoms with E-state index in [4.69, 9.17) is 0 Å². The molecule has 2 heterocycles. The zero-order valence-electron chi connectivity index (χ0n) is 11.6. The minimum absolute atomic E-state index is 0. The Kier molecular flexibility index (Phi) is 3.12. The zero-order valence-corrected chi connectivity index (χ0v) is 11.6. The summed E-state index contributed by atoms with van der Waals surface area (Å²) in [4.78, 5) is 23.3. The molecule has 1 atom stereocenters. The van der Waals surface area contributed by atoms with E-state index in [2.05, 4.69) is 23.4 Å². The number of amides is 2. The SMILES string of the molecule is CCC1=CC=CC2=C(C3CCC(=O)NC3=O)N=[N+](C)[C]12.[HH]. The largest absolute Gasteiger partial charge is 0.310 e. The Labute approximate surface area is 119 Å². The van der Waals surface area contributed by atoms with Crippen molar-refractivity contribution < 1.29 is 15.7 Å². The molecule has 3 rings (SSSR count). The second kappa shape index (κ2) is 4.81. The Balaban J connectivity index is 0.00000161. The molecule has 20 heavy (non-hydrogen) atoms. The molecular formula is C15H19N3O2+. The summed E-state index contributed by atoms with van der Waals surface area (Å²) in [5.74, 6) is -0.757. The van der Waals surface area contributed by atoms with E-state index in [0.29, 0.717) is 12.8 Å². The average Bonchev–Trinajstić information content (AvgIpc) is 2.76. The van der Waals surface area contributed by atoms with Crippen molar-refractivity contribution in [1.82, 2.24) is 5.32 Å². The quantitative estimate of drug-likeness (QED) is 0.618. The summed E-state index contributed by atoms with van der Waals surface area (Å²) in [6.45, 7) is 2.10. The van der Waals surface area contributed by atoms with E-state index in [1.165, 1.54) is 5.57 Å². The summed E-state index contributed by atoms with van der Waals surface area (Å²) >= 11 is 0. The molecule has 1 N–H and O–H groups in total. The summed E-state index contributed by atoms with van der Waals surface area (Å²) in [6, 6.07) is 1.08. The van der Waals surface area contributed by atoms with E-state index in [0.717, 1.165) is 23.7 Å². The van der Waals surface area contributed by atoms with Gasteiger partial charge in [-0.05, 0) is 24.0 Å². The summed E-state index contributed by atoms with van der Waals surface area (Å²) in [6.07, 6.45) is 7.91. The van der Waals surface area contributed by atoms with Gasteiger partial charge in [-0.25, -0.2) is 0 Å². The summed E-state index contributed by atoms with van der Waals surface area (Å²) in [5, 5.41) is 6.95. The standard InChI is InChI=1S/C15H17N3O2.H2/c1-3-9-5-4-6-10-13(17-18(2)14(9)10)11-7-8-12(19)16-15(11)20;/h4-6,11H,3,7-8H2,1-2H3,(H,16,19,20);1H/q+1;. The number of likely N-dealkylation sites (N-methyl/N-ethyl adjacent to an activating group) is 1. The van der Waals surface area contributed by atoms with Gasteiger partial charge in [-0.1, -0.05) is 19.1 Å². The fraction of sp³-hybridized carbons (Fsp3) is 0.400. The van der Waals surface area contributed by atoms with Gasteiger partial charge in [0.1, 0.15) is 5.70 Å². The van der Waals surface area contributed by atoms with Gasteiger partial charge in [0.2, 0.25) is 11.8 Å². The van der Waals surface area contributed by atoms with Crippen molar-refractivity contribution >= 4 is 11.8 Å². The van der Waals surface area contributed by atoms with Crippen LogP contribution < -0.4 is 5.32 Å². The molecule has 2 aliphatic heterocycles. The van der Waals surface area contributed by atoms with Gasteiger partial charge in [0.05, 0.1) is 11.5 Å². The normalized spacial score (nSPS) is 26.4. The number of nitrogens with one attached hydrogen (secondary N) is 1. The van der Waals surface area contributed by atoms with Crippen molar-refractivity contribution in [2.75, 3.05) is 7.05 Å². The van der Waals surface area contributed by atoms with Crippen molar-refractivity contribution in [3.63, 3.8) is 0 Å². The van der Waals surface area contributed by atoms with E-state index in [1.807, 2.05) is 23.9 Å². The first-order valence-corrected chi connectivity index (χ1v) is 6.90. The molecule has 0 saturated carbocycles. The monoisotopic (exact) mass is 273 g/mol. The van der Waals surface area contributed by atoms with E-state index < -0.39 is 0 Å². The minimum atomic E-state index is -0.330. The number of hydrogen-bond donors (Lipinski definition) is 1. The predicted molar refractivity (Wildman–Crippen MR) is 74.4 cm³/mol. The highest BCUT2D eigenvalue weighted by molar-refractivity contribution is 6.00. The number of allylic oxidation sites excluding steroid dienone is 2. The van der Waals surface area contributed by atoms with Crippen LogP contribution in [0.4, 0.5) is 0 Å². The molecule has 5 nitrogen and oxygen atoms in total. The van der Waals surface area contributed by atoms with Crippen LogP contribution in [0.1, 0.15) is 27.6 Å². The Bertz CT molecular complexity index is 616. The Hall–Kier alpha value is -2.04. The third-order valence-corrected chi connectivity index (χ3v) is 3.93. The number of rotatable bonds is 2. The molecule has 3 aliphatic rings. The van der Waals surface area contributed by atoms with Gasteiger partial charge in [-0.15, -0.1) is 4.70 Å². The fourth-order valence-electron chi connectivity index (χ4n) is 2.94. The van der Waals surface area contributed by atoms with Crippen LogP contribution in [0.25, 0.3) is 0 Å². The highest BCUT2D eigenvalue weighted by Gasteiger charge is 2.44.